The maximum atomic E-state index is 11.9. The van der Waals surface area contributed by atoms with E-state index in [0.29, 0.717) is 36.6 Å². The van der Waals surface area contributed by atoms with Crippen LogP contribution in [0.2, 0.25) is 0 Å². The standard InChI is InChI=1S/C16H27N3O3/c1-12-9-19(10-13(2)22-12)6-4-3-5-18-16(20)14-7-15(8-17)21-11-14/h7,11-13H,3-6,8-10,17H2,1-2H3,(H,18,20). The molecular weight excluding hydrogens is 282 g/mol. The van der Waals surface area contributed by atoms with Crippen LogP contribution in [-0.4, -0.2) is 49.2 Å². The van der Waals surface area contributed by atoms with E-state index in [1.54, 1.807) is 6.07 Å². The molecule has 0 saturated carbocycles. The SMILES string of the molecule is CC1CN(CCCCNC(=O)c2coc(CN)c2)CC(C)O1. The molecule has 1 fully saturated rings. The Hall–Kier alpha value is -1.37. The van der Waals surface area contributed by atoms with E-state index < -0.39 is 0 Å². The van der Waals surface area contributed by atoms with Gasteiger partial charge >= 0.3 is 0 Å². The maximum Gasteiger partial charge on any atom is 0.254 e. The highest BCUT2D eigenvalue weighted by Gasteiger charge is 2.21. The molecule has 6 heteroatoms. The molecule has 22 heavy (non-hydrogen) atoms. The Bertz CT molecular complexity index is 465. The second-order valence-corrected chi connectivity index (χ2v) is 5.99. The number of nitrogens with two attached hydrogens (primary N) is 1. The van der Waals surface area contributed by atoms with Crippen LogP contribution in [0.15, 0.2) is 16.7 Å². The summed E-state index contributed by atoms with van der Waals surface area (Å²) >= 11 is 0. The third kappa shape index (κ3) is 5.12. The van der Waals surface area contributed by atoms with Crippen LogP contribution in [0, 0.1) is 0 Å². The van der Waals surface area contributed by atoms with Gasteiger partial charge in [0, 0.05) is 19.6 Å². The minimum Gasteiger partial charge on any atom is -0.467 e. The lowest BCUT2D eigenvalue weighted by atomic mass is 10.2. The normalized spacial score (nSPS) is 22.7. The molecule has 0 aromatic carbocycles. The van der Waals surface area contributed by atoms with Gasteiger partial charge in [0.2, 0.25) is 0 Å². The van der Waals surface area contributed by atoms with Crippen molar-refractivity contribution in [2.24, 2.45) is 5.73 Å². The number of carbonyl (C=O) groups excluding carboxylic acids is 1. The lowest BCUT2D eigenvalue weighted by molar-refractivity contribution is -0.0681. The van der Waals surface area contributed by atoms with E-state index in [4.69, 9.17) is 14.9 Å². The Morgan fingerprint density at radius 3 is 2.73 bits per heavy atom. The number of furan rings is 1. The molecule has 0 aliphatic carbocycles. The Labute approximate surface area is 132 Å². The van der Waals surface area contributed by atoms with Crippen molar-refractivity contribution < 1.29 is 13.9 Å². The second kappa shape index (κ2) is 8.31. The molecule has 2 heterocycles. The summed E-state index contributed by atoms with van der Waals surface area (Å²) in [7, 11) is 0. The number of nitrogens with zero attached hydrogens (tertiary/aromatic N) is 1. The monoisotopic (exact) mass is 309 g/mol. The third-order valence-corrected chi connectivity index (χ3v) is 3.80. The first-order chi connectivity index (χ1) is 10.6. The van der Waals surface area contributed by atoms with Crippen LogP contribution in [0.4, 0.5) is 0 Å². The lowest BCUT2D eigenvalue weighted by Crippen LogP contribution is -2.45. The molecule has 1 aromatic rings. The number of rotatable bonds is 7. The lowest BCUT2D eigenvalue weighted by Gasteiger charge is -2.35. The van der Waals surface area contributed by atoms with Crippen molar-refractivity contribution in [2.75, 3.05) is 26.2 Å². The molecule has 0 bridgehead atoms. The fourth-order valence-electron chi connectivity index (χ4n) is 2.84. The average molecular weight is 309 g/mol. The zero-order valence-corrected chi connectivity index (χ0v) is 13.5. The summed E-state index contributed by atoms with van der Waals surface area (Å²) in [6, 6.07) is 1.69. The Morgan fingerprint density at radius 2 is 2.09 bits per heavy atom. The molecule has 3 N–H and O–H groups in total. The van der Waals surface area contributed by atoms with Crippen LogP contribution in [-0.2, 0) is 11.3 Å². The third-order valence-electron chi connectivity index (χ3n) is 3.80. The van der Waals surface area contributed by atoms with E-state index in [-0.39, 0.29) is 5.91 Å². The first kappa shape index (κ1) is 17.0. The van der Waals surface area contributed by atoms with Gasteiger partial charge in [-0.2, -0.15) is 0 Å². The summed E-state index contributed by atoms with van der Waals surface area (Å²) in [4.78, 5) is 14.3. The van der Waals surface area contributed by atoms with E-state index in [2.05, 4.69) is 24.1 Å². The van der Waals surface area contributed by atoms with Gasteiger partial charge in [-0.1, -0.05) is 0 Å². The molecule has 1 aromatic heterocycles. The molecule has 6 nitrogen and oxygen atoms in total. The summed E-state index contributed by atoms with van der Waals surface area (Å²) in [6.07, 6.45) is 4.10. The first-order valence-corrected chi connectivity index (χ1v) is 8.02. The van der Waals surface area contributed by atoms with E-state index in [9.17, 15) is 4.79 Å². The molecule has 1 saturated heterocycles. The molecule has 0 spiro atoms. The van der Waals surface area contributed by atoms with E-state index in [1.165, 1.54) is 6.26 Å². The summed E-state index contributed by atoms with van der Waals surface area (Å²) in [5, 5.41) is 2.91. The summed E-state index contributed by atoms with van der Waals surface area (Å²) in [6.45, 7) is 8.26. The van der Waals surface area contributed by atoms with Gasteiger partial charge < -0.3 is 20.2 Å². The average Bonchev–Trinajstić information content (AvgIpc) is 2.94. The van der Waals surface area contributed by atoms with Gasteiger partial charge in [0.1, 0.15) is 12.0 Å². The summed E-state index contributed by atoms with van der Waals surface area (Å²) in [5.41, 5.74) is 5.99. The van der Waals surface area contributed by atoms with Crippen molar-refractivity contribution in [3.63, 3.8) is 0 Å². The van der Waals surface area contributed by atoms with Crippen molar-refractivity contribution in [3.05, 3.63) is 23.7 Å². The molecule has 1 aliphatic heterocycles. The number of hydrogen-bond acceptors (Lipinski definition) is 5. The van der Waals surface area contributed by atoms with Crippen molar-refractivity contribution in [2.45, 2.75) is 45.4 Å². The van der Waals surface area contributed by atoms with Gasteiger partial charge in [0.15, 0.2) is 0 Å². The highest BCUT2D eigenvalue weighted by molar-refractivity contribution is 5.93. The fraction of sp³-hybridized carbons (Fsp3) is 0.688. The molecule has 124 valence electrons. The van der Waals surface area contributed by atoms with Crippen LogP contribution in [0.3, 0.4) is 0 Å². The predicted molar refractivity (Wildman–Crippen MR) is 84.6 cm³/mol. The number of nitrogens with one attached hydrogen (secondary N) is 1. The minimum absolute atomic E-state index is 0.0999. The van der Waals surface area contributed by atoms with E-state index in [0.717, 1.165) is 32.5 Å². The second-order valence-electron chi connectivity index (χ2n) is 5.99. The quantitative estimate of drug-likeness (QED) is 0.743. The highest BCUT2D eigenvalue weighted by atomic mass is 16.5. The van der Waals surface area contributed by atoms with Crippen LogP contribution in [0.5, 0.6) is 0 Å². The number of carbonyl (C=O) groups is 1. The van der Waals surface area contributed by atoms with Crippen LogP contribution < -0.4 is 11.1 Å². The van der Waals surface area contributed by atoms with Gasteiger partial charge in [0.25, 0.3) is 5.91 Å². The topological polar surface area (TPSA) is 80.7 Å². The Morgan fingerprint density at radius 1 is 1.36 bits per heavy atom. The number of morpholine rings is 1. The van der Waals surface area contributed by atoms with Gasteiger partial charge in [-0.15, -0.1) is 0 Å². The molecule has 2 rings (SSSR count). The molecule has 1 amide bonds. The Balaban J connectivity index is 1.60. The Kier molecular flexibility index (Phi) is 6.42. The molecule has 2 atom stereocenters. The first-order valence-electron chi connectivity index (χ1n) is 8.02. The number of ether oxygens (including phenoxy) is 1. The molecule has 1 aliphatic rings. The zero-order chi connectivity index (χ0) is 15.9. The molecule has 2 unspecified atom stereocenters. The van der Waals surface area contributed by atoms with Crippen molar-refractivity contribution in [1.29, 1.82) is 0 Å². The minimum atomic E-state index is -0.0999. The maximum absolute atomic E-state index is 11.9. The van der Waals surface area contributed by atoms with Crippen LogP contribution >= 0.6 is 0 Å². The summed E-state index contributed by atoms with van der Waals surface area (Å²) in [5.74, 6) is 0.526. The van der Waals surface area contributed by atoms with Crippen LogP contribution in [0.1, 0.15) is 42.8 Å². The molecule has 0 radical (unpaired) electrons. The van der Waals surface area contributed by atoms with Crippen molar-refractivity contribution in [3.8, 4) is 0 Å². The van der Waals surface area contributed by atoms with Gasteiger partial charge in [-0.3, -0.25) is 9.69 Å². The number of hydrogen-bond donors (Lipinski definition) is 2. The van der Waals surface area contributed by atoms with E-state index >= 15 is 0 Å². The van der Waals surface area contributed by atoms with E-state index in [1.807, 2.05) is 0 Å². The largest absolute Gasteiger partial charge is 0.467 e. The smallest absolute Gasteiger partial charge is 0.254 e. The fourth-order valence-corrected chi connectivity index (χ4v) is 2.84. The summed E-state index contributed by atoms with van der Waals surface area (Å²) < 4.78 is 10.9. The van der Waals surface area contributed by atoms with Crippen molar-refractivity contribution in [1.82, 2.24) is 10.2 Å². The highest BCUT2D eigenvalue weighted by Crippen LogP contribution is 2.11. The van der Waals surface area contributed by atoms with Crippen molar-refractivity contribution >= 4 is 5.91 Å². The van der Waals surface area contributed by atoms with Gasteiger partial charge in [-0.05, 0) is 39.3 Å². The van der Waals surface area contributed by atoms with Gasteiger partial charge in [0.05, 0.1) is 24.3 Å². The zero-order valence-electron chi connectivity index (χ0n) is 13.5. The number of amides is 1. The van der Waals surface area contributed by atoms with Crippen LogP contribution in [0.25, 0.3) is 0 Å². The number of unbranched alkanes of at least 4 members (excludes halogenated alkanes) is 1. The predicted octanol–water partition coefficient (Wildman–Crippen LogP) is 1.36. The molecular formula is C16H27N3O3. The van der Waals surface area contributed by atoms with Gasteiger partial charge in [-0.25, -0.2) is 0 Å².